The number of rotatable bonds is 6. The molecule has 0 saturated carbocycles. The summed E-state index contributed by atoms with van der Waals surface area (Å²) in [6.45, 7) is 6.38. The Kier molecular flexibility index (Phi) is 7.27. The molecule has 1 atom stereocenters. The second kappa shape index (κ2) is 9.93. The highest BCUT2D eigenvalue weighted by Gasteiger charge is 2.30. The fourth-order valence-electron chi connectivity index (χ4n) is 3.93. The van der Waals surface area contributed by atoms with Crippen LogP contribution in [0.25, 0.3) is 10.8 Å². The number of hydrogen-bond donors (Lipinski definition) is 0. The van der Waals surface area contributed by atoms with E-state index in [1.807, 2.05) is 13.8 Å². The number of fused-ring (bicyclic) bond motifs is 1. The Morgan fingerprint density at radius 2 is 1.91 bits per heavy atom. The van der Waals surface area contributed by atoms with Crippen LogP contribution in [0.4, 0.5) is 0 Å². The molecule has 1 saturated heterocycles. The summed E-state index contributed by atoms with van der Waals surface area (Å²) in [4.78, 5) is 53.8. The van der Waals surface area contributed by atoms with Gasteiger partial charge in [-0.15, -0.1) is 0 Å². The molecule has 0 radical (unpaired) electrons. The molecule has 2 heterocycles. The summed E-state index contributed by atoms with van der Waals surface area (Å²) < 4.78 is 6.38. The van der Waals surface area contributed by atoms with E-state index < -0.39 is 5.91 Å². The highest BCUT2D eigenvalue weighted by molar-refractivity contribution is 6.05. The van der Waals surface area contributed by atoms with Gasteiger partial charge in [0.05, 0.1) is 30.5 Å². The molecule has 3 rings (SSSR count). The minimum absolute atomic E-state index is 0.132. The summed E-state index contributed by atoms with van der Waals surface area (Å²) in [5.74, 6) is -1.31. The molecule has 1 unspecified atom stereocenters. The Morgan fingerprint density at radius 3 is 2.56 bits per heavy atom. The van der Waals surface area contributed by atoms with Gasteiger partial charge in [-0.1, -0.05) is 18.2 Å². The van der Waals surface area contributed by atoms with Crippen molar-refractivity contribution in [3.63, 3.8) is 0 Å². The van der Waals surface area contributed by atoms with E-state index in [2.05, 4.69) is 5.10 Å². The Bertz CT molecular complexity index is 1080. The molecule has 9 nitrogen and oxygen atoms in total. The van der Waals surface area contributed by atoms with Crippen molar-refractivity contribution in [1.29, 1.82) is 0 Å². The molecule has 0 N–H and O–H groups in total. The van der Waals surface area contributed by atoms with Gasteiger partial charge in [0.25, 0.3) is 11.5 Å². The number of carbonyl (C=O) groups excluding carboxylic acids is 3. The molecule has 1 aromatic carbocycles. The topological polar surface area (TPSA) is 102 Å². The first-order valence-electron chi connectivity index (χ1n) is 11.0. The average Bonchev–Trinajstić information content (AvgIpc) is 2.79. The molecular formula is C23H30N4O5. The van der Waals surface area contributed by atoms with E-state index in [-0.39, 0.29) is 41.6 Å². The van der Waals surface area contributed by atoms with E-state index in [1.54, 1.807) is 36.1 Å². The molecule has 32 heavy (non-hydrogen) atoms. The van der Waals surface area contributed by atoms with Crippen LogP contribution in [0, 0.1) is 5.92 Å². The molecule has 172 valence electrons. The van der Waals surface area contributed by atoms with Crippen LogP contribution in [0.1, 0.15) is 50.1 Å². The monoisotopic (exact) mass is 442 g/mol. The number of benzene rings is 1. The maximum atomic E-state index is 13.2. The van der Waals surface area contributed by atoms with Gasteiger partial charge in [0.1, 0.15) is 0 Å². The first-order chi connectivity index (χ1) is 15.2. The Morgan fingerprint density at radius 1 is 1.22 bits per heavy atom. The maximum Gasteiger partial charge on any atom is 0.310 e. The molecule has 9 heteroatoms. The van der Waals surface area contributed by atoms with E-state index in [0.717, 1.165) is 0 Å². The first kappa shape index (κ1) is 23.4. The number of nitrogens with zero attached hydrogens (tertiary/aromatic N) is 4. The van der Waals surface area contributed by atoms with Crippen LogP contribution in [0.5, 0.6) is 0 Å². The van der Waals surface area contributed by atoms with Gasteiger partial charge in [-0.3, -0.25) is 19.2 Å². The van der Waals surface area contributed by atoms with Crippen molar-refractivity contribution < 1.29 is 19.1 Å². The van der Waals surface area contributed by atoms with Gasteiger partial charge in [0.15, 0.2) is 5.69 Å². The van der Waals surface area contributed by atoms with Crippen LogP contribution in [0.2, 0.25) is 0 Å². The highest BCUT2D eigenvalue weighted by Crippen LogP contribution is 2.19. The van der Waals surface area contributed by atoms with Crippen LogP contribution in [-0.2, 0) is 14.3 Å². The quantitative estimate of drug-likeness (QED) is 0.633. The molecule has 1 aliphatic rings. The van der Waals surface area contributed by atoms with Gasteiger partial charge in [0.2, 0.25) is 5.91 Å². The van der Waals surface area contributed by atoms with Crippen LogP contribution >= 0.6 is 0 Å². The normalized spacial score (nSPS) is 16.3. The molecule has 1 aromatic heterocycles. The number of esters is 1. The summed E-state index contributed by atoms with van der Waals surface area (Å²) >= 11 is 0. The van der Waals surface area contributed by atoms with Gasteiger partial charge in [-0.05, 0) is 39.7 Å². The molecule has 0 aliphatic carbocycles. The average molecular weight is 443 g/mol. The van der Waals surface area contributed by atoms with Crippen LogP contribution in [-0.4, -0.2) is 70.7 Å². The van der Waals surface area contributed by atoms with Crippen molar-refractivity contribution in [1.82, 2.24) is 19.6 Å². The van der Waals surface area contributed by atoms with E-state index in [4.69, 9.17) is 4.74 Å². The number of amides is 2. The van der Waals surface area contributed by atoms with Crippen LogP contribution < -0.4 is 5.56 Å². The smallest absolute Gasteiger partial charge is 0.310 e. The van der Waals surface area contributed by atoms with Gasteiger partial charge in [-0.2, -0.15) is 5.10 Å². The minimum Gasteiger partial charge on any atom is -0.466 e. The van der Waals surface area contributed by atoms with Crippen molar-refractivity contribution >= 4 is 28.6 Å². The largest absolute Gasteiger partial charge is 0.466 e. The summed E-state index contributed by atoms with van der Waals surface area (Å²) in [7, 11) is 1.54. The van der Waals surface area contributed by atoms with E-state index in [0.29, 0.717) is 43.3 Å². The van der Waals surface area contributed by atoms with Gasteiger partial charge in [-0.25, -0.2) is 4.68 Å². The first-order valence-corrected chi connectivity index (χ1v) is 11.0. The fourth-order valence-corrected chi connectivity index (χ4v) is 3.93. The zero-order valence-corrected chi connectivity index (χ0v) is 19.0. The number of aromatic nitrogens is 2. The predicted molar refractivity (Wildman–Crippen MR) is 119 cm³/mol. The zero-order chi connectivity index (χ0) is 23.4. The molecule has 0 spiro atoms. The number of ether oxygens (including phenoxy) is 1. The van der Waals surface area contributed by atoms with E-state index in [9.17, 15) is 19.2 Å². The number of likely N-dealkylation sites (N-methyl/N-ethyl adjacent to an activating group) is 1. The molecule has 1 aliphatic heterocycles. The Hall–Kier alpha value is -3.23. The standard InChI is InChI=1S/C23H30N4O5/c1-5-32-23(31)16-9-8-12-26(13-16)19(28)14-25(4)22(30)20-17-10-6-7-11-18(17)21(29)27(24-20)15(2)3/h6-7,10-11,15-16H,5,8-9,12-14H2,1-4H3. The number of carbonyl (C=O) groups is 3. The minimum atomic E-state index is -0.442. The van der Waals surface area contributed by atoms with E-state index >= 15 is 0 Å². The zero-order valence-electron chi connectivity index (χ0n) is 19.0. The lowest BCUT2D eigenvalue weighted by Gasteiger charge is -2.32. The summed E-state index contributed by atoms with van der Waals surface area (Å²) in [6, 6.07) is 6.62. The maximum absolute atomic E-state index is 13.2. The molecule has 1 fully saturated rings. The van der Waals surface area contributed by atoms with Gasteiger partial charge >= 0.3 is 5.97 Å². The summed E-state index contributed by atoms with van der Waals surface area (Å²) in [5, 5.41) is 5.19. The number of hydrogen-bond acceptors (Lipinski definition) is 6. The van der Waals surface area contributed by atoms with E-state index in [1.165, 1.54) is 16.6 Å². The van der Waals surface area contributed by atoms with Crippen LogP contribution in [0.15, 0.2) is 29.1 Å². The molecule has 2 aromatic rings. The lowest BCUT2D eigenvalue weighted by atomic mass is 9.98. The van der Waals surface area contributed by atoms with Crippen LogP contribution in [0.3, 0.4) is 0 Å². The third-order valence-corrected chi connectivity index (χ3v) is 5.63. The van der Waals surface area contributed by atoms with Crippen molar-refractivity contribution in [2.24, 2.45) is 5.92 Å². The van der Waals surface area contributed by atoms with Crippen molar-refractivity contribution in [3.05, 3.63) is 40.3 Å². The predicted octanol–water partition coefficient (Wildman–Crippen LogP) is 1.85. The molecule has 0 bridgehead atoms. The third kappa shape index (κ3) is 4.81. The lowest BCUT2D eigenvalue weighted by molar-refractivity contribution is -0.151. The Labute approximate surface area is 186 Å². The summed E-state index contributed by atoms with van der Waals surface area (Å²) in [5.41, 5.74) is -0.128. The number of likely N-dealkylation sites (tertiary alicyclic amines) is 1. The third-order valence-electron chi connectivity index (χ3n) is 5.63. The second-order valence-corrected chi connectivity index (χ2v) is 8.33. The van der Waals surface area contributed by atoms with Gasteiger partial charge < -0.3 is 14.5 Å². The van der Waals surface area contributed by atoms with Crippen molar-refractivity contribution in [3.8, 4) is 0 Å². The SMILES string of the molecule is CCOC(=O)C1CCCN(C(=O)CN(C)C(=O)c2nn(C(C)C)c(=O)c3ccccc23)C1. The molecule has 2 amide bonds. The summed E-state index contributed by atoms with van der Waals surface area (Å²) in [6.07, 6.45) is 1.39. The van der Waals surface area contributed by atoms with Crippen molar-refractivity contribution in [2.45, 2.75) is 39.7 Å². The molecular weight excluding hydrogens is 412 g/mol. The van der Waals surface area contributed by atoms with Crippen molar-refractivity contribution in [2.75, 3.05) is 33.3 Å². The highest BCUT2D eigenvalue weighted by atomic mass is 16.5. The fraction of sp³-hybridized carbons (Fsp3) is 0.522. The second-order valence-electron chi connectivity index (χ2n) is 8.33. The number of piperidine rings is 1. The van der Waals surface area contributed by atoms with Gasteiger partial charge in [0, 0.05) is 25.5 Å². The lowest BCUT2D eigenvalue weighted by Crippen LogP contribution is -2.47. The Balaban J connectivity index is 1.79.